The number of nitrogens with two attached hydrogens (primary N) is 1. The maximum absolute atomic E-state index is 11.9. The monoisotopic (exact) mass is 498 g/mol. The summed E-state index contributed by atoms with van der Waals surface area (Å²) >= 11 is 0. The smallest absolute Gasteiger partial charge is 0.248 e. The molecule has 3 N–H and O–H groups in total. The first kappa shape index (κ1) is 25.0. The number of pyridine rings is 1. The fourth-order valence-electron chi connectivity index (χ4n) is 5.00. The van der Waals surface area contributed by atoms with Crippen molar-refractivity contribution in [2.24, 2.45) is 5.73 Å². The Hall–Kier alpha value is -3.68. The third-order valence-corrected chi connectivity index (χ3v) is 7.05. The van der Waals surface area contributed by atoms with Crippen molar-refractivity contribution in [1.29, 1.82) is 0 Å². The molecule has 0 unspecified atom stereocenters. The summed E-state index contributed by atoms with van der Waals surface area (Å²) in [6.07, 6.45) is 1.81. The molecular formula is C30H34N4O3. The number of benzene rings is 2. The third-order valence-electron chi connectivity index (χ3n) is 7.05. The molecule has 5 rings (SSSR count). The van der Waals surface area contributed by atoms with E-state index >= 15 is 0 Å². The Kier molecular flexibility index (Phi) is 7.26. The SMILES string of the molecule is Cc1cc(OCCN2CCOCC2)ccc1-c1cc2c(-c3ccc(C(N)=O)c(C(C)C)c3)ccnc2[nH]1. The van der Waals surface area contributed by atoms with E-state index in [0.29, 0.717) is 12.2 Å². The van der Waals surface area contributed by atoms with E-state index in [4.69, 9.17) is 15.2 Å². The minimum atomic E-state index is -0.400. The largest absolute Gasteiger partial charge is 0.492 e. The molecular weight excluding hydrogens is 464 g/mol. The normalized spacial score (nSPS) is 14.4. The van der Waals surface area contributed by atoms with E-state index < -0.39 is 5.91 Å². The lowest BCUT2D eigenvalue weighted by atomic mass is 9.92. The Morgan fingerprint density at radius 3 is 2.65 bits per heavy atom. The number of morpholine rings is 1. The quantitative estimate of drug-likeness (QED) is 0.351. The number of nitrogens with one attached hydrogen (secondary N) is 1. The third kappa shape index (κ3) is 5.38. The van der Waals surface area contributed by atoms with Gasteiger partial charge in [0.25, 0.3) is 0 Å². The van der Waals surface area contributed by atoms with Crippen LogP contribution in [-0.4, -0.2) is 60.2 Å². The molecule has 0 aliphatic carbocycles. The van der Waals surface area contributed by atoms with Gasteiger partial charge in [-0.25, -0.2) is 4.98 Å². The highest BCUT2D eigenvalue weighted by Crippen LogP contribution is 2.35. The molecule has 7 nitrogen and oxygen atoms in total. The average Bonchev–Trinajstić information content (AvgIpc) is 3.33. The number of hydrogen-bond acceptors (Lipinski definition) is 5. The number of hydrogen-bond donors (Lipinski definition) is 2. The maximum Gasteiger partial charge on any atom is 0.248 e. The van der Waals surface area contributed by atoms with Crippen molar-refractivity contribution in [2.75, 3.05) is 39.5 Å². The van der Waals surface area contributed by atoms with Crippen LogP contribution in [0.2, 0.25) is 0 Å². The number of fused-ring (bicyclic) bond motifs is 1. The number of aromatic amines is 1. The van der Waals surface area contributed by atoms with Gasteiger partial charge in [-0.15, -0.1) is 0 Å². The summed E-state index contributed by atoms with van der Waals surface area (Å²) in [5.41, 5.74) is 13.3. The number of amides is 1. The highest BCUT2D eigenvalue weighted by Gasteiger charge is 2.16. The molecule has 0 spiro atoms. The molecule has 0 saturated carbocycles. The summed E-state index contributed by atoms with van der Waals surface area (Å²) in [5.74, 6) is 0.655. The molecule has 192 valence electrons. The van der Waals surface area contributed by atoms with Crippen molar-refractivity contribution in [3.63, 3.8) is 0 Å². The van der Waals surface area contributed by atoms with Crippen LogP contribution in [0.4, 0.5) is 0 Å². The number of primary amides is 1. The van der Waals surface area contributed by atoms with E-state index in [0.717, 1.165) is 83.1 Å². The highest BCUT2D eigenvalue weighted by molar-refractivity contribution is 5.99. The lowest BCUT2D eigenvalue weighted by Gasteiger charge is -2.26. The van der Waals surface area contributed by atoms with Gasteiger partial charge in [-0.3, -0.25) is 9.69 Å². The van der Waals surface area contributed by atoms with E-state index in [1.165, 1.54) is 0 Å². The Morgan fingerprint density at radius 2 is 1.92 bits per heavy atom. The van der Waals surface area contributed by atoms with E-state index in [1.807, 2.05) is 30.5 Å². The van der Waals surface area contributed by atoms with Gasteiger partial charge < -0.3 is 20.2 Å². The van der Waals surface area contributed by atoms with Crippen LogP contribution < -0.4 is 10.5 Å². The van der Waals surface area contributed by atoms with Gasteiger partial charge in [-0.2, -0.15) is 0 Å². The summed E-state index contributed by atoms with van der Waals surface area (Å²) in [6.45, 7) is 11.3. The summed E-state index contributed by atoms with van der Waals surface area (Å²) < 4.78 is 11.4. The van der Waals surface area contributed by atoms with Crippen LogP contribution in [0.5, 0.6) is 5.75 Å². The molecule has 1 aliphatic heterocycles. The number of carbonyl (C=O) groups excluding carboxylic acids is 1. The zero-order valence-electron chi connectivity index (χ0n) is 21.7. The van der Waals surface area contributed by atoms with Gasteiger partial charge in [0.15, 0.2) is 0 Å². The Bertz CT molecular complexity index is 1420. The van der Waals surface area contributed by atoms with Crippen LogP contribution in [-0.2, 0) is 4.74 Å². The number of nitrogens with zero attached hydrogens (tertiary/aromatic N) is 2. The molecule has 1 saturated heterocycles. The van der Waals surface area contributed by atoms with Gasteiger partial charge in [0.1, 0.15) is 18.0 Å². The maximum atomic E-state index is 11.9. The van der Waals surface area contributed by atoms with Crippen molar-refractivity contribution < 1.29 is 14.3 Å². The minimum absolute atomic E-state index is 0.179. The summed E-state index contributed by atoms with van der Waals surface area (Å²) in [5, 5.41) is 1.03. The van der Waals surface area contributed by atoms with Crippen LogP contribution >= 0.6 is 0 Å². The second-order valence-electron chi connectivity index (χ2n) is 9.90. The van der Waals surface area contributed by atoms with Gasteiger partial charge in [-0.1, -0.05) is 26.0 Å². The standard InChI is InChI=1S/C30H34N4O3/c1-19(2)26-17-21(4-6-25(26)29(31)35)24-8-9-32-30-27(24)18-28(33-30)23-7-5-22(16-20(23)3)37-15-12-34-10-13-36-14-11-34/h4-9,16-19H,10-15H2,1-3H3,(H2,31,35)(H,32,33). The Balaban J connectivity index is 1.40. The van der Waals surface area contributed by atoms with Gasteiger partial charge in [0, 0.05) is 48.0 Å². The van der Waals surface area contributed by atoms with Crippen LogP contribution in [0.15, 0.2) is 54.7 Å². The lowest BCUT2D eigenvalue weighted by molar-refractivity contribution is 0.0322. The number of rotatable bonds is 8. The highest BCUT2D eigenvalue weighted by atomic mass is 16.5. The molecule has 0 bridgehead atoms. The molecule has 37 heavy (non-hydrogen) atoms. The minimum Gasteiger partial charge on any atom is -0.492 e. The first-order chi connectivity index (χ1) is 17.9. The predicted molar refractivity (Wildman–Crippen MR) is 147 cm³/mol. The van der Waals surface area contributed by atoms with Crippen molar-refractivity contribution in [3.05, 3.63) is 71.4 Å². The molecule has 0 atom stereocenters. The molecule has 2 aromatic heterocycles. The number of carbonyl (C=O) groups is 1. The van der Waals surface area contributed by atoms with E-state index in [2.05, 4.69) is 59.9 Å². The zero-order chi connectivity index (χ0) is 25.9. The molecule has 3 heterocycles. The molecule has 0 radical (unpaired) electrons. The second-order valence-corrected chi connectivity index (χ2v) is 9.90. The molecule has 4 aromatic rings. The average molecular weight is 499 g/mol. The molecule has 1 aliphatic rings. The number of aryl methyl sites for hydroxylation is 1. The molecule has 2 aromatic carbocycles. The van der Waals surface area contributed by atoms with Crippen LogP contribution in [0.1, 0.15) is 41.3 Å². The van der Waals surface area contributed by atoms with Gasteiger partial charge in [-0.05, 0) is 71.5 Å². The molecule has 1 amide bonds. The van der Waals surface area contributed by atoms with Crippen molar-refractivity contribution in [2.45, 2.75) is 26.7 Å². The van der Waals surface area contributed by atoms with Crippen LogP contribution in [0.25, 0.3) is 33.4 Å². The van der Waals surface area contributed by atoms with E-state index in [1.54, 1.807) is 0 Å². The first-order valence-electron chi connectivity index (χ1n) is 12.9. The van der Waals surface area contributed by atoms with E-state index in [-0.39, 0.29) is 5.92 Å². The van der Waals surface area contributed by atoms with Gasteiger partial charge >= 0.3 is 0 Å². The Labute approximate surface area is 217 Å². The first-order valence-corrected chi connectivity index (χ1v) is 12.9. The lowest BCUT2D eigenvalue weighted by Crippen LogP contribution is -2.38. The fourth-order valence-corrected chi connectivity index (χ4v) is 5.00. The summed E-state index contributed by atoms with van der Waals surface area (Å²) in [4.78, 5) is 22.4. The Morgan fingerprint density at radius 1 is 1.11 bits per heavy atom. The molecule has 1 fully saturated rings. The summed E-state index contributed by atoms with van der Waals surface area (Å²) in [7, 11) is 0. The fraction of sp³-hybridized carbons (Fsp3) is 0.333. The topological polar surface area (TPSA) is 93.5 Å². The van der Waals surface area contributed by atoms with E-state index in [9.17, 15) is 4.79 Å². The van der Waals surface area contributed by atoms with Crippen molar-refractivity contribution in [1.82, 2.24) is 14.9 Å². The van der Waals surface area contributed by atoms with Crippen LogP contribution in [0.3, 0.4) is 0 Å². The zero-order valence-corrected chi connectivity index (χ0v) is 21.7. The van der Waals surface area contributed by atoms with Gasteiger partial charge in [0.05, 0.1) is 13.2 Å². The van der Waals surface area contributed by atoms with Crippen molar-refractivity contribution in [3.8, 4) is 28.1 Å². The number of ether oxygens (including phenoxy) is 2. The number of H-pyrrole nitrogens is 1. The summed E-state index contributed by atoms with van der Waals surface area (Å²) in [6, 6.07) is 16.2. The van der Waals surface area contributed by atoms with Crippen molar-refractivity contribution >= 4 is 16.9 Å². The van der Waals surface area contributed by atoms with Gasteiger partial charge in [0.2, 0.25) is 5.91 Å². The van der Waals surface area contributed by atoms with Crippen LogP contribution in [0, 0.1) is 6.92 Å². The number of aromatic nitrogens is 2. The predicted octanol–water partition coefficient (Wildman–Crippen LogP) is 5.14. The molecule has 7 heteroatoms. The second kappa shape index (κ2) is 10.7.